The zero-order valence-electron chi connectivity index (χ0n) is 12.7. The molecule has 1 N–H and O–H groups in total. The van der Waals surface area contributed by atoms with Crippen LogP contribution >= 0.6 is 11.8 Å². The second-order valence-corrected chi connectivity index (χ2v) is 7.58. The van der Waals surface area contributed by atoms with Crippen LogP contribution in [0.1, 0.15) is 19.5 Å². The largest absolute Gasteiger partial charge is 0.349 e. The SMILES string of the molecule is CCNCc1cc(S(=O)(=O)N(C)CCSC)cn1CC. The van der Waals surface area contributed by atoms with E-state index < -0.39 is 10.0 Å². The Morgan fingerprint density at radius 3 is 2.65 bits per heavy atom. The summed E-state index contributed by atoms with van der Waals surface area (Å²) in [4.78, 5) is 0.385. The van der Waals surface area contributed by atoms with Crippen molar-refractivity contribution in [2.45, 2.75) is 31.8 Å². The van der Waals surface area contributed by atoms with Crippen LogP contribution in [0.2, 0.25) is 0 Å². The highest BCUT2D eigenvalue weighted by molar-refractivity contribution is 7.98. The summed E-state index contributed by atoms with van der Waals surface area (Å²) in [6.07, 6.45) is 3.71. The number of nitrogens with zero attached hydrogens (tertiary/aromatic N) is 2. The maximum Gasteiger partial charge on any atom is 0.244 e. The number of aryl methyl sites for hydroxylation is 1. The molecule has 0 aromatic carbocycles. The van der Waals surface area contributed by atoms with Gasteiger partial charge in [-0.15, -0.1) is 0 Å². The Hall–Kier alpha value is -0.500. The molecule has 1 aromatic rings. The lowest BCUT2D eigenvalue weighted by atomic mass is 10.4. The minimum Gasteiger partial charge on any atom is -0.349 e. The Balaban J connectivity index is 2.97. The molecule has 5 nitrogen and oxygen atoms in total. The second-order valence-electron chi connectivity index (χ2n) is 4.55. The number of rotatable bonds is 9. The Morgan fingerprint density at radius 2 is 2.10 bits per heavy atom. The van der Waals surface area contributed by atoms with Gasteiger partial charge in [-0.2, -0.15) is 11.8 Å². The number of nitrogens with one attached hydrogen (secondary N) is 1. The molecule has 1 heterocycles. The van der Waals surface area contributed by atoms with E-state index in [2.05, 4.69) is 5.32 Å². The zero-order valence-corrected chi connectivity index (χ0v) is 14.4. The predicted octanol–water partition coefficient (Wildman–Crippen LogP) is 1.60. The van der Waals surface area contributed by atoms with Crippen molar-refractivity contribution in [3.05, 3.63) is 18.0 Å². The zero-order chi connectivity index (χ0) is 15.2. The maximum absolute atomic E-state index is 12.5. The summed E-state index contributed by atoms with van der Waals surface area (Å²) in [6, 6.07) is 1.77. The van der Waals surface area contributed by atoms with E-state index in [1.165, 1.54) is 4.31 Å². The van der Waals surface area contributed by atoms with Crippen molar-refractivity contribution in [2.75, 3.05) is 32.1 Å². The number of aromatic nitrogens is 1. The van der Waals surface area contributed by atoms with E-state index in [4.69, 9.17) is 0 Å². The van der Waals surface area contributed by atoms with Gasteiger partial charge < -0.3 is 9.88 Å². The number of sulfonamides is 1. The molecular weight excluding hydrogens is 294 g/mol. The summed E-state index contributed by atoms with van der Waals surface area (Å²) in [5.74, 6) is 0.800. The lowest BCUT2D eigenvalue weighted by molar-refractivity contribution is 0.488. The maximum atomic E-state index is 12.5. The molecule has 0 aliphatic heterocycles. The molecule has 0 unspecified atom stereocenters. The van der Waals surface area contributed by atoms with Gasteiger partial charge in [0.15, 0.2) is 0 Å². The van der Waals surface area contributed by atoms with Crippen LogP contribution in [0.25, 0.3) is 0 Å². The van der Waals surface area contributed by atoms with Crippen LogP contribution in [-0.4, -0.2) is 49.4 Å². The lowest BCUT2D eigenvalue weighted by Crippen LogP contribution is -2.28. The first kappa shape index (κ1) is 17.6. The molecule has 0 saturated heterocycles. The van der Waals surface area contributed by atoms with E-state index in [0.29, 0.717) is 18.0 Å². The first-order valence-electron chi connectivity index (χ1n) is 6.82. The molecular formula is C13H25N3O2S2. The fourth-order valence-corrected chi connectivity index (χ4v) is 3.69. The van der Waals surface area contributed by atoms with Crippen molar-refractivity contribution in [2.24, 2.45) is 0 Å². The highest BCUT2D eigenvalue weighted by atomic mass is 32.2. The minimum absolute atomic E-state index is 0.385. The Kier molecular flexibility index (Phi) is 7.08. The summed E-state index contributed by atoms with van der Waals surface area (Å²) in [5.41, 5.74) is 1.01. The average Bonchev–Trinajstić information content (AvgIpc) is 2.86. The van der Waals surface area contributed by atoms with Crippen molar-refractivity contribution in [1.82, 2.24) is 14.2 Å². The van der Waals surface area contributed by atoms with Gasteiger partial charge in [0.1, 0.15) is 4.90 Å². The van der Waals surface area contributed by atoms with E-state index in [1.54, 1.807) is 31.1 Å². The van der Waals surface area contributed by atoms with Crippen LogP contribution in [0.3, 0.4) is 0 Å². The van der Waals surface area contributed by atoms with Crippen LogP contribution in [0.5, 0.6) is 0 Å². The van der Waals surface area contributed by atoms with Gasteiger partial charge in [0.25, 0.3) is 0 Å². The molecule has 7 heteroatoms. The van der Waals surface area contributed by atoms with E-state index in [0.717, 1.165) is 24.5 Å². The van der Waals surface area contributed by atoms with Crippen molar-refractivity contribution in [1.29, 1.82) is 0 Å². The Labute approximate surface area is 126 Å². The third kappa shape index (κ3) is 4.25. The molecule has 0 aliphatic rings. The standard InChI is InChI=1S/C13H25N3O2S2/c1-5-14-10-12-9-13(11-16(12)6-2)20(17,18)15(3)7-8-19-4/h9,11,14H,5-8,10H2,1-4H3. The summed E-state index contributed by atoms with van der Waals surface area (Å²) >= 11 is 1.64. The van der Waals surface area contributed by atoms with Gasteiger partial charge in [0.05, 0.1) is 0 Å². The average molecular weight is 319 g/mol. The van der Waals surface area contributed by atoms with E-state index in [-0.39, 0.29) is 0 Å². The van der Waals surface area contributed by atoms with Gasteiger partial charge in [-0.3, -0.25) is 0 Å². The molecule has 0 radical (unpaired) electrons. The van der Waals surface area contributed by atoms with Crippen LogP contribution in [0, 0.1) is 0 Å². The van der Waals surface area contributed by atoms with Gasteiger partial charge in [0, 0.05) is 44.3 Å². The first-order valence-corrected chi connectivity index (χ1v) is 9.65. The fraction of sp³-hybridized carbons (Fsp3) is 0.692. The van der Waals surface area contributed by atoms with Crippen LogP contribution in [0.15, 0.2) is 17.2 Å². The topological polar surface area (TPSA) is 54.3 Å². The third-order valence-electron chi connectivity index (χ3n) is 3.18. The summed E-state index contributed by atoms with van der Waals surface area (Å²) in [6.45, 7) is 6.91. The molecule has 0 bridgehead atoms. The predicted molar refractivity (Wildman–Crippen MR) is 85.7 cm³/mol. The molecule has 0 saturated carbocycles. The van der Waals surface area contributed by atoms with Crippen molar-refractivity contribution in [3.63, 3.8) is 0 Å². The molecule has 1 rings (SSSR count). The molecule has 0 amide bonds. The molecule has 0 spiro atoms. The van der Waals surface area contributed by atoms with Crippen LogP contribution in [-0.2, 0) is 23.1 Å². The normalized spacial score (nSPS) is 12.2. The monoisotopic (exact) mass is 319 g/mol. The van der Waals surface area contributed by atoms with Gasteiger partial charge >= 0.3 is 0 Å². The third-order valence-corrected chi connectivity index (χ3v) is 5.59. The van der Waals surface area contributed by atoms with Crippen molar-refractivity contribution >= 4 is 21.8 Å². The Bertz CT molecular complexity index is 512. The molecule has 1 aromatic heterocycles. The van der Waals surface area contributed by atoms with E-state index >= 15 is 0 Å². The smallest absolute Gasteiger partial charge is 0.244 e. The van der Waals surface area contributed by atoms with Crippen molar-refractivity contribution < 1.29 is 8.42 Å². The molecule has 116 valence electrons. The summed E-state index contributed by atoms with van der Waals surface area (Å²) < 4.78 is 28.4. The molecule has 20 heavy (non-hydrogen) atoms. The minimum atomic E-state index is -3.38. The van der Waals surface area contributed by atoms with Crippen LogP contribution in [0.4, 0.5) is 0 Å². The summed E-state index contributed by atoms with van der Waals surface area (Å²) in [5, 5.41) is 3.23. The van der Waals surface area contributed by atoms with E-state index in [1.807, 2.05) is 24.7 Å². The quantitative estimate of drug-likeness (QED) is 0.751. The highest BCUT2D eigenvalue weighted by Crippen LogP contribution is 2.18. The number of hydrogen-bond acceptors (Lipinski definition) is 4. The van der Waals surface area contributed by atoms with E-state index in [9.17, 15) is 8.42 Å². The number of thioether (sulfide) groups is 1. The van der Waals surface area contributed by atoms with Gasteiger partial charge in [-0.05, 0) is 25.8 Å². The summed E-state index contributed by atoms with van der Waals surface area (Å²) in [7, 11) is -1.74. The van der Waals surface area contributed by atoms with Gasteiger partial charge in [0.2, 0.25) is 10.0 Å². The molecule has 0 aliphatic carbocycles. The molecule has 0 atom stereocenters. The highest BCUT2D eigenvalue weighted by Gasteiger charge is 2.22. The van der Waals surface area contributed by atoms with Crippen LogP contribution < -0.4 is 5.32 Å². The van der Waals surface area contributed by atoms with Gasteiger partial charge in [-0.25, -0.2) is 12.7 Å². The first-order chi connectivity index (χ1) is 9.47. The lowest BCUT2D eigenvalue weighted by Gasteiger charge is -2.15. The fourth-order valence-electron chi connectivity index (χ4n) is 1.88. The van der Waals surface area contributed by atoms with Crippen molar-refractivity contribution in [3.8, 4) is 0 Å². The Morgan fingerprint density at radius 1 is 1.40 bits per heavy atom. The second kappa shape index (κ2) is 8.07. The molecule has 0 fully saturated rings. The number of hydrogen-bond donors (Lipinski definition) is 1. The van der Waals surface area contributed by atoms with Gasteiger partial charge in [-0.1, -0.05) is 6.92 Å².